The van der Waals surface area contributed by atoms with Crippen molar-refractivity contribution in [1.82, 2.24) is 25.5 Å². The highest BCUT2D eigenvalue weighted by Crippen LogP contribution is 2.31. The number of rotatable bonds is 9. The van der Waals surface area contributed by atoms with Crippen LogP contribution in [0.1, 0.15) is 57.2 Å². The van der Waals surface area contributed by atoms with E-state index in [0.717, 1.165) is 43.9 Å². The van der Waals surface area contributed by atoms with Crippen molar-refractivity contribution in [2.75, 3.05) is 40.6 Å². The van der Waals surface area contributed by atoms with E-state index in [4.69, 9.17) is 19.2 Å². The van der Waals surface area contributed by atoms with Crippen LogP contribution in [0.5, 0.6) is 5.88 Å². The van der Waals surface area contributed by atoms with Crippen LogP contribution < -0.4 is 15.4 Å². The molecule has 3 aliphatic rings. The first-order valence-electron chi connectivity index (χ1n) is 12.9. The summed E-state index contributed by atoms with van der Waals surface area (Å²) in [5.74, 6) is 1.33. The molecule has 2 N–H and O–H groups in total. The molecule has 4 rings (SSSR count). The second kappa shape index (κ2) is 12.5. The van der Waals surface area contributed by atoms with E-state index < -0.39 is 5.41 Å². The maximum atomic E-state index is 9.69. The highest BCUT2D eigenvalue weighted by molar-refractivity contribution is 5.82. The van der Waals surface area contributed by atoms with Gasteiger partial charge in [-0.2, -0.15) is 5.26 Å². The summed E-state index contributed by atoms with van der Waals surface area (Å²) < 4.78 is 16.6. The molecule has 0 spiro atoms. The van der Waals surface area contributed by atoms with Crippen LogP contribution in [-0.2, 0) is 9.47 Å². The van der Waals surface area contributed by atoms with Gasteiger partial charge in [-0.3, -0.25) is 0 Å². The Morgan fingerprint density at radius 2 is 2.08 bits per heavy atom. The standard InChI is InChI=1S/C26H39N7O3/c1-19(15-34-3)31-20-4-6-21(7-5-20)32-25-28-11-8-23(33(25)2)22-14-24(30-18-29-22)36-17-26(16-27)9-12-35-13-10-26/h8,11,14,18-21,23,31H,4-7,9-10,12-13,15,17H2,1-3H3,(H,28,32)/t19-,20?,21?,23?/m1/s1. The number of hydrogen-bond donors (Lipinski definition) is 2. The molecular weight excluding hydrogens is 458 g/mol. The molecule has 196 valence electrons. The molecule has 0 radical (unpaired) electrons. The van der Waals surface area contributed by atoms with Crippen LogP contribution >= 0.6 is 0 Å². The Hall–Kier alpha value is -2.74. The third-order valence-electron chi connectivity index (χ3n) is 7.33. The summed E-state index contributed by atoms with van der Waals surface area (Å²) in [6, 6.07) is 5.39. The Labute approximate surface area is 214 Å². The van der Waals surface area contributed by atoms with Crippen molar-refractivity contribution in [3.05, 3.63) is 30.4 Å². The Morgan fingerprint density at radius 1 is 1.31 bits per heavy atom. The lowest BCUT2D eigenvalue weighted by Crippen LogP contribution is -2.44. The second-order valence-corrected chi connectivity index (χ2v) is 10.1. The molecule has 0 amide bonds. The van der Waals surface area contributed by atoms with Crippen molar-refractivity contribution in [1.29, 1.82) is 5.26 Å². The van der Waals surface area contributed by atoms with Crippen LogP contribution in [0, 0.1) is 16.7 Å². The van der Waals surface area contributed by atoms with Gasteiger partial charge in [-0.15, -0.1) is 0 Å². The first-order valence-corrected chi connectivity index (χ1v) is 12.9. The monoisotopic (exact) mass is 497 g/mol. The Balaban J connectivity index is 1.35. The lowest BCUT2D eigenvalue weighted by molar-refractivity contribution is 0.0182. The number of ether oxygens (including phenoxy) is 3. The van der Waals surface area contributed by atoms with E-state index in [1.54, 1.807) is 7.11 Å². The third-order valence-corrected chi connectivity index (χ3v) is 7.33. The molecule has 0 bridgehead atoms. The molecule has 1 aliphatic carbocycles. The molecule has 2 fully saturated rings. The molecule has 2 atom stereocenters. The Bertz CT molecular complexity index is 949. The summed E-state index contributed by atoms with van der Waals surface area (Å²) in [5.41, 5.74) is 0.302. The minimum Gasteiger partial charge on any atom is -0.476 e. The van der Waals surface area contributed by atoms with Crippen molar-refractivity contribution in [3.8, 4) is 11.9 Å². The number of nitriles is 1. The smallest absolute Gasteiger partial charge is 0.216 e. The van der Waals surface area contributed by atoms with Gasteiger partial charge >= 0.3 is 0 Å². The topological polar surface area (TPSA) is 117 Å². The van der Waals surface area contributed by atoms with Crippen LogP contribution in [-0.4, -0.2) is 79.5 Å². The highest BCUT2D eigenvalue weighted by Gasteiger charge is 2.34. The van der Waals surface area contributed by atoms with Gasteiger partial charge < -0.3 is 29.7 Å². The Kier molecular flexibility index (Phi) is 9.13. The molecule has 2 aliphatic heterocycles. The summed E-state index contributed by atoms with van der Waals surface area (Å²) in [7, 11) is 3.77. The van der Waals surface area contributed by atoms with Crippen LogP contribution in [0.15, 0.2) is 29.7 Å². The number of aliphatic imine (C=N–C) groups is 1. The first kappa shape index (κ1) is 26.3. The zero-order valence-corrected chi connectivity index (χ0v) is 21.7. The molecule has 1 saturated heterocycles. The van der Waals surface area contributed by atoms with E-state index in [0.29, 0.717) is 56.7 Å². The minimum atomic E-state index is -0.523. The van der Waals surface area contributed by atoms with Crippen molar-refractivity contribution in [2.45, 2.75) is 69.6 Å². The van der Waals surface area contributed by atoms with Gasteiger partial charge in [0.05, 0.1) is 35.9 Å². The van der Waals surface area contributed by atoms with Crippen molar-refractivity contribution in [2.24, 2.45) is 10.4 Å². The number of nitrogens with one attached hydrogen (secondary N) is 2. The van der Waals surface area contributed by atoms with Gasteiger partial charge in [0, 0.05) is 51.7 Å². The van der Waals surface area contributed by atoms with E-state index in [-0.39, 0.29) is 6.04 Å². The van der Waals surface area contributed by atoms with Gasteiger partial charge in [0.2, 0.25) is 5.88 Å². The average molecular weight is 498 g/mol. The van der Waals surface area contributed by atoms with Gasteiger partial charge in [-0.05, 0) is 51.5 Å². The molecule has 1 unspecified atom stereocenters. The fraction of sp³-hybridized carbons (Fsp3) is 0.692. The van der Waals surface area contributed by atoms with Gasteiger partial charge in [0.25, 0.3) is 0 Å². The maximum Gasteiger partial charge on any atom is 0.216 e. The minimum absolute atomic E-state index is 0.0868. The molecule has 36 heavy (non-hydrogen) atoms. The number of aromatic nitrogens is 2. The molecule has 1 saturated carbocycles. The molecule has 0 aromatic carbocycles. The average Bonchev–Trinajstić information content (AvgIpc) is 2.91. The van der Waals surface area contributed by atoms with Gasteiger partial charge in [0.15, 0.2) is 5.96 Å². The second-order valence-electron chi connectivity index (χ2n) is 10.1. The number of guanidine groups is 1. The fourth-order valence-electron chi connectivity index (χ4n) is 5.10. The highest BCUT2D eigenvalue weighted by atomic mass is 16.5. The lowest BCUT2D eigenvalue weighted by atomic mass is 9.83. The SMILES string of the molecule is COC[C@@H](C)NC1CCC(N=C2NC=CC(c3cc(OCC4(C#N)CCOCC4)ncn3)N2C)CC1. The van der Waals surface area contributed by atoms with E-state index in [2.05, 4.69) is 44.6 Å². The van der Waals surface area contributed by atoms with Gasteiger partial charge in [-0.25, -0.2) is 15.0 Å². The number of hydrogen-bond acceptors (Lipinski definition) is 8. The molecule has 3 heterocycles. The molecule has 1 aromatic rings. The van der Waals surface area contributed by atoms with Crippen molar-refractivity contribution in [3.63, 3.8) is 0 Å². The summed E-state index contributed by atoms with van der Waals surface area (Å²) >= 11 is 0. The number of likely N-dealkylation sites (N-methyl/N-ethyl adjacent to an activating group) is 1. The lowest BCUT2D eigenvalue weighted by Gasteiger charge is -2.34. The van der Waals surface area contributed by atoms with Crippen LogP contribution in [0.2, 0.25) is 0 Å². The van der Waals surface area contributed by atoms with E-state index >= 15 is 0 Å². The van der Waals surface area contributed by atoms with Crippen LogP contribution in [0.3, 0.4) is 0 Å². The summed E-state index contributed by atoms with van der Waals surface area (Å²) in [6.07, 6.45) is 11.2. The zero-order valence-electron chi connectivity index (χ0n) is 21.7. The summed E-state index contributed by atoms with van der Waals surface area (Å²) in [4.78, 5) is 15.9. The van der Waals surface area contributed by atoms with Crippen molar-refractivity contribution >= 4 is 5.96 Å². The molecular formula is C26H39N7O3. The summed E-state index contributed by atoms with van der Waals surface area (Å²) in [6.45, 7) is 4.37. The summed E-state index contributed by atoms with van der Waals surface area (Å²) in [5, 5.41) is 16.7. The van der Waals surface area contributed by atoms with Crippen LogP contribution in [0.25, 0.3) is 0 Å². The maximum absolute atomic E-state index is 9.69. The molecule has 1 aromatic heterocycles. The number of nitrogens with zero attached hydrogens (tertiary/aromatic N) is 5. The van der Waals surface area contributed by atoms with Crippen molar-refractivity contribution < 1.29 is 14.2 Å². The molecule has 10 nitrogen and oxygen atoms in total. The quantitative estimate of drug-likeness (QED) is 0.531. The normalized spacial score (nSPS) is 27.8. The van der Waals surface area contributed by atoms with E-state index in [1.165, 1.54) is 6.33 Å². The fourth-order valence-corrected chi connectivity index (χ4v) is 5.10. The van der Waals surface area contributed by atoms with Crippen LogP contribution in [0.4, 0.5) is 0 Å². The first-order chi connectivity index (χ1) is 17.5. The van der Waals surface area contributed by atoms with E-state index in [9.17, 15) is 5.26 Å². The van der Waals surface area contributed by atoms with E-state index in [1.807, 2.05) is 19.3 Å². The largest absolute Gasteiger partial charge is 0.476 e. The van der Waals surface area contributed by atoms with Gasteiger partial charge in [0.1, 0.15) is 12.9 Å². The molecule has 10 heteroatoms. The Morgan fingerprint density at radius 3 is 2.81 bits per heavy atom. The third kappa shape index (κ3) is 6.72. The number of methoxy groups -OCH3 is 1. The van der Waals surface area contributed by atoms with Gasteiger partial charge in [-0.1, -0.05) is 0 Å². The predicted molar refractivity (Wildman–Crippen MR) is 136 cm³/mol. The predicted octanol–water partition coefficient (Wildman–Crippen LogP) is 2.56. The zero-order chi connectivity index (χ0) is 25.4.